The Balaban J connectivity index is 1.97. The van der Waals surface area contributed by atoms with Gasteiger partial charge in [-0.2, -0.15) is 0 Å². The second-order valence-corrected chi connectivity index (χ2v) is 5.37. The highest BCUT2D eigenvalue weighted by molar-refractivity contribution is 5.86. The molecule has 3 fully saturated rings. The molecule has 3 heteroatoms. The molecule has 1 aliphatic heterocycles. The number of hydrogen-bond acceptors (Lipinski definition) is 3. The van der Waals surface area contributed by atoms with Crippen molar-refractivity contribution in [1.29, 1.82) is 0 Å². The second-order valence-electron chi connectivity index (χ2n) is 5.37. The quantitative estimate of drug-likeness (QED) is 0.634. The van der Waals surface area contributed by atoms with Gasteiger partial charge in [0.25, 0.3) is 0 Å². The van der Waals surface area contributed by atoms with Gasteiger partial charge in [0, 0.05) is 12.8 Å². The van der Waals surface area contributed by atoms with E-state index in [0.29, 0.717) is 19.0 Å². The van der Waals surface area contributed by atoms with Gasteiger partial charge in [0.15, 0.2) is 5.79 Å². The SMILES string of the molecule is O=C1CCCCC12CCCCC21OCCO1. The molecule has 16 heavy (non-hydrogen) atoms. The first kappa shape index (κ1) is 10.7. The number of fused-ring (bicyclic) bond motifs is 1. The highest BCUT2D eigenvalue weighted by Crippen LogP contribution is 2.55. The van der Waals surface area contributed by atoms with E-state index in [1.807, 2.05) is 0 Å². The fourth-order valence-corrected chi connectivity index (χ4v) is 3.85. The first-order chi connectivity index (χ1) is 7.79. The van der Waals surface area contributed by atoms with Crippen molar-refractivity contribution in [1.82, 2.24) is 0 Å². The van der Waals surface area contributed by atoms with Crippen molar-refractivity contribution in [3.8, 4) is 0 Å². The summed E-state index contributed by atoms with van der Waals surface area (Å²) in [6.07, 6.45) is 8.09. The van der Waals surface area contributed by atoms with E-state index in [1.165, 1.54) is 0 Å². The third-order valence-corrected chi connectivity index (χ3v) is 4.63. The molecule has 2 aliphatic carbocycles. The summed E-state index contributed by atoms with van der Waals surface area (Å²) in [4.78, 5) is 12.4. The van der Waals surface area contributed by atoms with Crippen LogP contribution in [0.15, 0.2) is 0 Å². The maximum absolute atomic E-state index is 12.4. The van der Waals surface area contributed by atoms with Crippen molar-refractivity contribution in [2.45, 2.75) is 57.2 Å². The van der Waals surface area contributed by atoms with Gasteiger partial charge in [-0.15, -0.1) is 0 Å². The lowest BCUT2D eigenvalue weighted by Gasteiger charge is -2.50. The van der Waals surface area contributed by atoms with Crippen molar-refractivity contribution >= 4 is 5.78 Å². The molecular weight excluding hydrogens is 204 g/mol. The molecule has 90 valence electrons. The predicted molar refractivity (Wildman–Crippen MR) is 59.0 cm³/mol. The summed E-state index contributed by atoms with van der Waals surface area (Å²) in [5.41, 5.74) is -0.292. The van der Waals surface area contributed by atoms with Crippen LogP contribution in [0.4, 0.5) is 0 Å². The van der Waals surface area contributed by atoms with Gasteiger partial charge in [0.05, 0.1) is 18.6 Å². The van der Waals surface area contributed by atoms with Gasteiger partial charge < -0.3 is 9.47 Å². The molecule has 1 atom stereocenters. The molecule has 0 amide bonds. The topological polar surface area (TPSA) is 35.5 Å². The lowest BCUT2D eigenvalue weighted by atomic mass is 9.60. The number of Topliss-reactive ketones (excluding diaryl/α,β-unsaturated/α-hetero) is 1. The van der Waals surface area contributed by atoms with Crippen LogP contribution in [-0.2, 0) is 14.3 Å². The Bertz CT molecular complexity index is 288. The number of hydrogen-bond donors (Lipinski definition) is 0. The molecule has 0 bridgehead atoms. The zero-order valence-corrected chi connectivity index (χ0v) is 9.80. The summed E-state index contributed by atoms with van der Waals surface area (Å²) in [6.45, 7) is 1.32. The number of rotatable bonds is 0. The molecule has 0 aromatic heterocycles. The minimum Gasteiger partial charge on any atom is -0.346 e. The minimum absolute atomic E-state index is 0.292. The zero-order valence-electron chi connectivity index (χ0n) is 9.80. The summed E-state index contributed by atoms with van der Waals surface area (Å²) in [7, 11) is 0. The summed E-state index contributed by atoms with van der Waals surface area (Å²) < 4.78 is 11.8. The van der Waals surface area contributed by atoms with E-state index in [4.69, 9.17) is 9.47 Å². The monoisotopic (exact) mass is 224 g/mol. The van der Waals surface area contributed by atoms with Gasteiger partial charge in [-0.25, -0.2) is 0 Å². The number of ether oxygens (including phenoxy) is 2. The van der Waals surface area contributed by atoms with E-state index in [9.17, 15) is 4.79 Å². The van der Waals surface area contributed by atoms with Crippen molar-refractivity contribution in [2.24, 2.45) is 5.41 Å². The smallest absolute Gasteiger partial charge is 0.180 e. The number of carbonyl (C=O) groups is 1. The average Bonchev–Trinajstić information content (AvgIpc) is 2.76. The van der Waals surface area contributed by atoms with Crippen LogP contribution in [0.3, 0.4) is 0 Å². The number of carbonyl (C=O) groups excluding carboxylic acids is 1. The first-order valence-corrected chi connectivity index (χ1v) is 6.60. The molecule has 1 heterocycles. The Kier molecular flexibility index (Phi) is 2.55. The largest absolute Gasteiger partial charge is 0.346 e. The maximum Gasteiger partial charge on any atom is 0.180 e. The van der Waals surface area contributed by atoms with Gasteiger partial charge in [-0.3, -0.25) is 4.79 Å². The molecule has 0 radical (unpaired) electrons. The molecule has 3 aliphatic rings. The van der Waals surface area contributed by atoms with E-state index in [-0.39, 0.29) is 5.41 Å². The highest BCUT2D eigenvalue weighted by Gasteiger charge is 2.60. The summed E-state index contributed by atoms with van der Waals surface area (Å²) >= 11 is 0. The van der Waals surface area contributed by atoms with Gasteiger partial charge in [0.1, 0.15) is 5.78 Å². The van der Waals surface area contributed by atoms with Gasteiger partial charge in [-0.05, 0) is 25.7 Å². The molecule has 2 spiro atoms. The third kappa shape index (κ3) is 1.31. The maximum atomic E-state index is 12.4. The summed E-state index contributed by atoms with van der Waals surface area (Å²) in [6, 6.07) is 0. The fourth-order valence-electron chi connectivity index (χ4n) is 3.85. The van der Waals surface area contributed by atoms with Gasteiger partial charge >= 0.3 is 0 Å². The third-order valence-electron chi connectivity index (χ3n) is 4.63. The lowest BCUT2D eigenvalue weighted by molar-refractivity contribution is -0.253. The fraction of sp³-hybridized carbons (Fsp3) is 0.923. The van der Waals surface area contributed by atoms with Crippen molar-refractivity contribution in [3.63, 3.8) is 0 Å². The molecule has 3 nitrogen and oxygen atoms in total. The van der Waals surface area contributed by atoms with Crippen LogP contribution in [0.1, 0.15) is 51.4 Å². The number of ketones is 1. The molecule has 0 aromatic rings. The van der Waals surface area contributed by atoms with Crippen molar-refractivity contribution < 1.29 is 14.3 Å². The average molecular weight is 224 g/mol. The van der Waals surface area contributed by atoms with E-state index in [1.54, 1.807) is 0 Å². The van der Waals surface area contributed by atoms with Crippen LogP contribution in [0.2, 0.25) is 0 Å². The lowest BCUT2D eigenvalue weighted by Crippen LogP contribution is -2.57. The van der Waals surface area contributed by atoms with E-state index < -0.39 is 5.79 Å². The summed E-state index contributed by atoms with van der Waals surface area (Å²) in [5.74, 6) is -0.136. The zero-order chi connectivity index (χ0) is 11.1. The van der Waals surface area contributed by atoms with Gasteiger partial charge in [-0.1, -0.05) is 12.8 Å². The van der Waals surface area contributed by atoms with Crippen LogP contribution < -0.4 is 0 Å². The van der Waals surface area contributed by atoms with Crippen molar-refractivity contribution in [2.75, 3.05) is 13.2 Å². The molecule has 2 saturated carbocycles. The Morgan fingerprint density at radius 1 is 0.875 bits per heavy atom. The summed E-state index contributed by atoms with van der Waals surface area (Å²) in [5, 5.41) is 0. The molecular formula is C13H20O3. The predicted octanol–water partition coefficient (Wildman–Crippen LogP) is 2.43. The first-order valence-electron chi connectivity index (χ1n) is 6.60. The molecule has 0 aromatic carbocycles. The molecule has 3 rings (SSSR count). The normalized spacial score (nSPS) is 38.4. The second kappa shape index (κ2) is 3.81. The van der Waals surface area contributed by atoms with Gasteiger partial charge in [0.2, 0.25) is 0 Å². The van der Waals surface area contributed by atoms with E-state index in [0.717, 1.165) is 51.4 Å². The molecule has 0 N–H and O–H groups in total. The van der Waals surface area contributed by atoms with Crippen LogP contribution in [0, 0.1) is 5.41 Å². The molecule has 1 saturated heterocycles. The van der Waals surface area contributed by atoms with E-state index >= 15 is 0 Å². The standard InChI is InChI=1S/C13H20O3/c14-11-5-1-2-6-12(11)7-3-4-8-13(12)15-9-10-16-13/h1-10H2. The highest BCUT2D eigenvalue weighted by atomic mass is 16.7. The Labute approximate surface area is 96.5 Å². The van der Waals surface area contributed by atoms with Crippen LogP contribution in [-0.4, -0.2) is 24.8 Å². The van der Waals surface area contributed by atoms with Crippen LogP contribution in [0.25, 0.3) is 0 Å². The molecule has 1 unspecified atom stereocenters. The van der Waals surface area contributed by atoms with Crippen LogP contribution >= 0.6 is 0 Å². The van der Waals surface area contributed by atoms with Crippen molar-refractivity contribution in [3.05, 3.63) is 0 Å². The minimum atomic E-state index is -0.539. The Morgan fingerprint density at radius 2 is 1.50 bits per heavy atom. The Morgan fingerprint density at radius 3 is 2.19 bits per heavy atom. The van der Waals surface area contributed by atoms with Crippen LogP contribution in [0.5, 0.6) is 0 Å². The van der Waals surface area contributed by atoms with E-state index in [2.05, 4.69) is 0 Å². The Hall–Kier alpha value is -0.410.